The van der Waals surface area contributed by atoms with Gasteiger partial charge >= 0.3 is 0 Å². The molecule has 4 rings (SSSR count). The molecule has 2 aliphatic rings. The molecule has 134 valence electrons. The lowest BCUT2D eigenvalue weighted by atomic mass is 9.70. The standard InChI is InChI=1S/C21H21NO4/c1-12-13-8-10-16(19(23)14(13)9-11-18(12)26-3)21(25)15-6-4-5-7-17(15)22(2)20(21)24/h4-7,9,11,16,25H,8,10H2,1-3H3/t16-,21+/m1/s1. The predicted molar refractivity (Wildman–Crippen MR) is 97.6 cm³/mol. The van der Waals surface area contributed by atoms with E-state index in [1.807, 2.05) is 13.0 Å². The van der Waals surface area contributed by atoms with Crippen LogP contribution in [0.15, 0.2) is 36.4 Å². The summed E-state index contributed by atoms with van der Waals surface area (Å²) in [6, 6.07) is 10.7. The second kappa shape index (κ2) is 5.68. The normalized spacial score (nSPS) is 24.5. The number of aliphatic hydroxyl groups is 1. The number of carbonyl (C=O) groups is 2. The highest BCUT2D eigenvalue weighted by Crippen LogP contribution is 2.48. The van der Waals surface area contributed by atoms with Crippen molar-refractivity contribution in [1.29, 1.82) is 0 Å². The van der Waals surface area contributed by atoms with Crippen LogP contribution < -0.4 is 9.64 Å². The smallest absolute Gasteiger partial charge is 0.264 e. The van der Waals surface area contributed by atoms with E-state index in [4.69, 9.17) is 4.74 Å². The SMILES string of the molecule is COc1ccc2c(c1C)CC[C@@H]([C@]1(O)C(=O)N(C)c3ccccc31)C2=O. The fourth-order valence-electron chi connectivity index (χ4n) is 4.42. The molecule has 1 amide bonds. The zero-order chi connectivity index (χ0) is 18.6. The highest BCUT2D eigenvalue weighted by atomic mass is 16.5. The summed E-state index contributed by atoms with van der Waals surface area (Å²) in [7, 11) is 3.24. The van der Waals surface area contributed by atoms with E-state index >= 15 is 0 Å². The summed E-state index contributed by atoms with van der Waals surface area (Å²) >= 11 is 0. The number of carbonyl (C=O) groups excluding carboxylic acids is 2. The third-order valence-corrected chi connectivity index (χ3v) is 5.84. The van der Waals surface area contributed by atoms with Crippen LogP contribution in [0.1, 0.15) is 33.5 Å². The van der Waals surface area contributed by atoms with Crippen molar-refractivity contribution in [3.05, 3.63) is 58.7 Å². The number of anilines is 1. The minimum atomic E-state index is -1.81. The predicted octanol–water partition coefficient (Wildman–Crippen LogP) is 2.61. The molecule has 0 bridgehead atoms. The van der Waals surface area contributed by atoms with Crippen LogP contribution >= 0.6 is 0 Å². The van der Waals surface area contributed by atoms with Crippen LogP contribution in [0.2, 0.25) is 0 Å². The maximum Gasteiger partial charge on any atom is 0.264 e. The maximum atomic E-state index is 13.3. The highest BCUT2D eigenvalue weighted by Gasteiger charge is 2.56. The molecule has 0 aromatic heterocycles. The fraction of sp³-hybridized carbons (Fsp3) is 0.333. The van der Waals surface area contributed by atoms with Crippen LogP contribution in [0.3, 0.4) is 0 Å². The van der Waals surface area contributed by atoms with E-state index in [1.165, 1.54) is 4.90 Å². The molecule has 1 aliphatic carbocycles. The van der Waals surface area contributed by atoms with Crippen molar-refractivity contribution in [2.75, 3.05) is 19.1 Å². The van der Waals surface area contributed by atoms with Crippen LogP contribution in [0, 0.1) is 12.8 Å². The second-order valence-corrected chi connectivity index (χ2v) is 7.02. The van der Waals surface area contributed by atoms with Gasteiger partial charge in [0.2, 0.25) is 0 Å². The monoisotopic (exact) mass is 351 g/mol. The van der Waals surface area contributed by atoms with E-state index in [1.54, 1.807) is 44.5 Å². The molecule has 26 heavy (non-hydrogen) atoms. The van der Waals surface area contributed by atoms with E-state index in [0.29, 0.717) is 29.7 Å². The number of Topliss-reactive ketones (excluding diaryl/α,β-unsaturated/α-hetero) is 1. The van der Waals surface area contributed by atoms with Gasteiger partial charge in [-0.3, -0.25) is 9.59 Å². The number of nitrogens with zero attached hydrogens (tertiary/aromatic N) is 1. The lowest BCUT2D eigenvalue weighted by Gasteiger charge is -2.34. The van der Waals surface area contributed by atoms with Gasteiger partial charge in [0, 0.05) is 18.2 Å². The number of fused-ring (bicyclic) bond motifs is 2. The molecular formula is C21H21NO4. The molecule has 5 heteroatoms. The number of amides is 1. The molecule has 0 radical (unpaired) electrons. The number of hydrogen-bond acceptors (Lipinski definition) is 4. The third-order valence-electron chi connectivity index (χ3n) is 5.84. The first-order chi connectivity index (χ1) is 12.4. The molecule has 0 saturated carbocycles. The number of methoxy groups -OCH3 is 1. The van der Waals surface area contributed by atoms with Crippen LogP contribution in [0.4, 0.5) is 5.69 Å². The van der Waals surface area contributed by atoms with Gasteiger partial charge in [0.1, 0.15) is 5.75 Å². The first kappa shape index (κ1) is 16.8. The molecule has 1 N–H and O–H groups in total. The Balaban J connectivity index is 1.82. The van der Waals surface area contributed by atoms with E-state index in [9.17, 15) is 14.7 Å². The molecule has 2 atom stereocenters. The molecule has 2 aromatic rings. The fourth-order valence-corrected chi connectivity index (χ4v) is 4.42. The van der Waals surface area contributed by atoms with Crippen molar-refractivity contribution in [1.82, 2.24) is 0 Å². The van der Waals surface area contributed by atoms with Gasteiger partial charge in [0.05, 0.1) is 18.7 Å². The molecule has 1 heterocycles. The summed E-state index contributed by atoms with van der Waals surface area (Å²) in [5.41, 5.74) is 1.82. The van der Waals surface area contributed by atoms with Gasteiger partial charge in [-0.15, -0.1) is 0 Å². The quantitative estimate of drug-likeness (QED) is 0.903. The first-order valence-corrected chi connectivity index (χ1v) is 8.72. The number of ether oxygens (including phenoxy) is 1. The van der Waals surface area contributed by atoms with Crippen molar-refractivity contribution in [2.45, 2.75) is 25.4 Å². The zero-order valence-electron chi connectivity index (χ0n) is 15.1. The van der Waals surface area contributed by atoms with Crippen molar-refractivity contribution in [3.63, 3.8) is 0 Å². The topological polar surface area (TPSA) is 66.8 Å². The van der Waals surface area contributed by atoms with Crippen LogP contribution in [0.5, 0.6) is 5.75 Å². The van der Waals surface area contributed by atoms with Gasteiger partial charge in [0.15, 0.2) is 11.4 Å². The number of rotatable bonds is 2. The Labute approximate surface area is 152 Å². The minimum Gasteiger partial charge on any atom is -0.496 e. The van der Waals surface area contributed by atoms with E-state index in [0.717, 1.165) is 16.9 Å². The highest BCUT2D eigenvalue weighted by molar-refractivity contribution is 6.12. The van der Waals surface area contributed by atoms with E-state index in [-0.39, 0.29) is 5.78 Å². The Morgan fingerprint density at radius 1 is 1.19 bits per heavy atom. The minimum absolute atomic E-state index is 0.182. The summed E-state index contributed by atoms with van der Waals surface area (Å²) in [5, 5.41) is 11.4. The largest absolute Gasteiger partial charge is 0.496 e. The van der Waals surface area contributed by atoms with Gasteiger partial charge in [-0.25, -0.2) is 0 Å². The Hall–Kier alpha value is -2.66. The molecular weight excluding hydrogens is 330 g/mol. The average Bonchev–Trinajstić information content (AvgIpc) is 2.85. The number of para-hydroxylation sites is 1. The number of likely N-dealkylation sites (N-methyl/N-ethyl adjacent to an activating group) is 1. The van der Waals surface area contributed by atoms with Gasteiger partial charge in [0.25, 0.3) is 5.91 Å². The lowest BCUT2D eigenvalue weighted by Crippen LogP contribution is -2.49. The van der Waals surface area contributed by atoms with Crippen molar-refractivity contribution in [2.24, 2.45) is 5.92 Å². The second-order valence-electron chi connectivity index (χ2n) is 7.02. The number of ketones is 1. The van der Waals surface area contributed by atoms with Gasteiger partial charge in [-0.05, 0) is 49.1 Å². The summed E-state index contributed by atoms with van der Waals surface area (Å²) in [6.45, 7) is 1.93. The van der Waals surface area contributed by atoms with Crippen molar-refractivity contribution >= 4 is 17.4 Å². The summed E-state index contributed by atoms with van der Waals surface area (Å²) < 4.78 is 5.35. The lowest BCUT2D eigenvalue weighted by molar-refractivity contribution is -0.140. The summed E-state index contributed by atoms with van der Waals surface area (Å²) in [4.78, 5) is 27.6. The summed E-state index contributed by atoms with van der Waals surface area (Å²) in [6.07, 6.45) is 1.04. The first-order valence-electron chi connectivity index (χ1n) is 8.72. The van der Waals surface area contributed by atoms with E-state index in [2.05, 4.69) is 0 Å². The Bertz CT molecular complexity index is 936. The van der Waals surface area contributed by atoms with Gasteiger partial charge in [-0.2, -0.15) is 0 Å². The van der Waals surface area contributed by atoms with Crippen molar-refractivity contribution < 1.29 is 19.4 Å². The third kappa shape index (κ3) is 2.01. The van der Waals surface area contributed by atoms with Crippen molar-refractivity contribution in [3.8, 4) is 5.75 Å². The van der Waals surface area contributed by atoms with Crippen LogP contribution in [-0.2, 0) is 16.8 Å². The molecule has 0 fully saturated rings. The Morgan fingerprint density at radius 2 is 1.92 bits per heavy atom. The van der Waals surface area contributed by atoms with Crippen LogP contribution in [0.25, 0.3) is 0 Å². The Kier molecular flexibility index (Phi) is 3.66. The molecule has 0 spiro atoms. The molecule has 2 aromatic carbocycles. The average molecular weight is 351 g/mol. The summed E-state index contributed by atoms with van der Waals surface area (Å²) in [5.74, 6) is -0.666. The van der Waals surface area contributed by atoms with Gasteiger partial charge in [-0.1, -0.05) is 18.2 Å². The Morgan fingerprint density at radius 3 is 2.65 bits per heavy atom. The van der Waals surface area contributed by atoms with E-state index < -0.39 is 17.4 Å². The van der Waals surface area contributed by atoms with Crippen LogP contribution in [-0.4, -0.2) is 31.0 Å². The zero-order valence-corrected chi connectivity index (χ0v) is 15.1. The molecule has 0 saturated heterocycles. The number of hydrogen-bond donors (Lipinski definition) is 1. The maximum absolute atomic E-state index is 13.3. The molecule has 1 aliphatic heterocycles. The number of benzene rings is 2. The molecule has 0 unspecified atom stereocenters. The van der Waals surface area contributed by atoms with Gasteiger partial charge < -0.3 is 14.7 Å². The molecule has 5 nitrogen and oxygen atoms in total.